The van der Waals surface area contributed by atoms with Crippen molar-refractivity contribution in [3.05, 3.63) is 59.7 Å². The fourth-order valence-electron chi connectivity index (χ4n) is 3.31. The van der Waals surface area contributed by atoms with E-state index in [-0.39, 0.29) is 6.42 Å². The van der Waals surface area contributed by atoms with Gasteiger partial charge in [0.2, 0.25) is 0 Å². The number of aromatic nitrogens is 3. The Hall–Kier alpha value is -2.99. The van der Waals surface area contributed by atoms with Crippen molar-refractivity contribution < 1.29 is 14.6 Å². The molecule has 0 aromatic carbocycles. The van der Waals surface area contributed by atoms with E-state index in [0.29, 0.717) is 13.0 Å². The van der Waals surface area contributed by atoms with Crippen molar-refractivity contribution >= 4 is 17.6 Å². The Morgan fingerprint density at radius 1 is 1.37 bits per heavy atom. The number of carboxylic acids is 1. The van der Waals surface area contributed by atoms with Gasteiger partial charge in [0.15, 0.2) is 0 Å². The van der Waals surface area contributed by atoms with Crippen molar-refractivity contribution in [3.8, 4) is 11.1 Å². The third kappa shape index (κ3) is 3.75. The Morgan fingerprint density at radius 2 is 2.19 bits per heavy atom. The first kappa shape index (κ1) is 18.8. The molecule has 3 aromatic rings. The van der Waals surface area contributed by atoms with E-state index in [1.807, 2.05) is 22.7 Å². The van der Waals surface area contributed by atoms with Gasteiger partial charge in [0.05, 0.1) is 17.8 Å². The molecule has 0 saturated carbocycles. The predicted octanol–water partition coefficient (Wildman–Crippen LogP) is 3.77. The summed E-state index contributed by atoms with van der Waals surface area (Å²) in [6.07, 6.45) is 6.53. The van der Waals surface area contributed by atoms with E-state index in [4.69, 9.17) is 9.84 Å². The lowest BCUT2D eigenvalue weighted by Gasteiger charge is -2.17. The van der Waals surface area contributed by atoms with E-state index in [1.165, 1.54) is 0 Å². The quantitative estimate of drug-likeness (QED) is 0.658. The molecule has 0 aliphatic rings. The minimum atomic E-state index is -0.841. The summed E-state index contributed by atoms with van der Waals surface area (Å²) in [5.74, 6) is -0.841. The minimum absolute atomic E-state index is 0.0253. The third-order valence-electron chi connectivity index (χ3n) is 4.58. The summed E-state index contributed by atoms with van der Waals surface area (Å²) in [5, 5.41) is 14.0. The molecule has 0 aliphatic heterocycles. The van der Waals surface area contributed by atoms with Crippen LogP contribution in [0.3, 0.4) is 0 Å². The van der Waals surface area contributed by atoms with Crippen LogP contribution in [0.1, 0.15) is 35.9 Å². The lowest BCUT2D eigenvalue weighted by Crippen LogP contribution is -2.11. The van der Waals surface area contributed by atoms with Gasteiger partial charge < -0.3 is 9.84 Å². The van der Waals surface area contributed by atoms with Crippen LogP contribution in [0, 0.1) is 0 Å². The zero-order chi connectivity index (χ0) is 19.4. The number of aryl methyl sites for hydroxylation is 1. The van der Waals surface area contributed by atoms with Gasteiger partial charge in [-0.3, -0.25) is 9.78 Å². The number of ether oxygens (including phenoxy) is 1. The second-order valence-corrected chi connectivity index (χ2v) is 6.31. The van der Waals surface area contributed by atoms with E-state index in [0.717, 1.165) is 45.6 Å². The Morgan fingerprint density at radius 3 is 2.85 bits per heavy atom. The number of carbonyl (C=O) groups is 1. The Kier molecular flexibility index (Phi) is 5.66. The molecule has 3 aromatic heterocycles. The van der Waals surface area contributed by atoms with Crippen molar-refractivity contribution in [1.29, 1.82) is 0 Å². The molecule has 27 heavy (non-hydrogen) atoms. The summed E-state index contributed by atoms with van der Waals surface area (Å²) in [5.41, 5.74) is 6.43. The number of pyridine rings is 1. The highest BCUT2D eigenvalue weighted by atomic mass is 16.5. The van der Waals surface area contributed by atoms with Crippen LogP contribution in [0.5, 0.6) is 0 Å². The van der Waals surface area contributed by atoms with Crippen LogP contribution in [0.2, 0.25) is 0 Å². The number of carboxylic acid groups (broad SMARTS) is 1. The number of hydrogen-bond donors (Lipinski definition) is 1. The summed E-state index contributed by atoms with van der Waals surface area (Å²) < 4.78 is 7.28. The van der Waals surface area contributed by atoms with Crippen LogP contribution in [-0.2, 0) is 29.0 Å². The normalized spacial score (nSPS) is 11.0. The number of fused-ring (bicyclic) bond motifs is 1. The third-order valence-corrected chi connectivity index (χ3v) is 4.58. The summed E-state index contributed by atoms with van der Waals surface area (Å²) in [7, 11) is 1.61. The molecule has 1 N–H and O–H groups in total. The molecule has 0 fully saturated rings. The van der Waals surface area contributed by atoms with E-state index in [2.05, 4.69) is 18.5 Å². The molecular weight excluding hydrogens is 342 g/mol. The Balaban J connectivity index is 2.33. The van der Waals surface area contributed by atoms with Crippen LogP contribution in [0.25, 0.3) is 22.7 Å². The highest BCUT2D eigenvalue weighted by Crippen LogP contribution is 2.33. The van der Waals surface area contributed by atoms with Gasteiger partial charge in [0.25, 0.3) is 0 Å². The molecule has 6 nitrogen and oxygen atoms in total. The Labute approximate surface area is 158 Å². The summed E-state index contributed by atoms with van der Waals surface area (Å²) in [6.45, 7) is 6.21. The Bertz CT molecular complexity index is 992. The molecule has 0 spiro atoms. The summed E-state index contributed by atoms with van der Waals surface area (Å²) in [6, 6.07) is 6.09. The van der Waals surface area contributed by atoms with Gasteiger partial charge in [-0.05, 0) is 42.2 Å². The maximum atomic E-state index is 11.2. The van der Waals surface area contributed by atoms with Gasteiger partial charge in [-0.2, -0.15) is 5.10 Å². The highest BCUT2D eigenvalue weighted by molar-refractivity contribution is 5.84. The second-order valence-electron chi connectivity index (χ2n) is 6.31. The van der Waals surface area contributed by atoms with Gasteiger partial charge in [0.1, 0.15) is 0 Å². The monoisotopic (exact) mass is 365 g/mol. The average Bonchev–Trinajstić information content (AvgIpc) is 3.08. The average molecular weight is 365 g/mol. The van der Waals surface area contributed by atoms with E-state index in [1.54, 1.807) is 25.6 Å². The molecule has 0 unspecified atom stereocenters. The van der Waals surface area contributed by atoms with Crippen molar-refractivity contribution in [2.75, 3.05) is 7.11 Å². The van der Waals surface area contributed by atoms with Crippen LogP contribution in [0.4, 0.5) is 0 Å². The van der Waals surface area contributed by atoms with E-state index in [9.17, 15) is 9.90 Å². The van der Waals surface area contributed by atoms with Crippen molar-refractivity contribution in [2.24, 2.45) is 0 Å². The molecule has 6 heteroatoms. The number of rotatable bonds is 8. The molecule has 0 aliphatic carbocycles. The van der Waals surface area contributed by atoms with E-state index >= 15 is 0 Å². The molecule has 0 amide bonds. The molecule has 0 atom stereocenters. The topological polar surface area (TPSA) is 76.7 Å². The first-order chi connectivity index (χ1) is 13.1. The smallest absolute Gasteiger partial charge is 0.303 e. The lowest BCUT2D eigenvalue weighted by atomic mass is 9.95. The largest absolute Gasteiger partial charge is 0.481 e. The summed E-state index contributed by atoms with van der Waals surface area (Å²) >= 11 is 0. The van der Waals surface area contributed by atoms with Gasteiger partial charge in [-0.25, -0.2) is 4.52 Å². The van der Waals surface area contributed by atoms with Crippen LogP contribution >= 0.6 is 0 Å². The number of nitrogens with zero attached hydrogens (tertiary/aromatic N) is 3. The van der Waals surface area contributed by atoms with E-state index < -0.39 is 5.97 Å². The zero-order valence-corrected chi connectivity index (χ0v) is 15.6. The van der Waals surface area contributed by atoms with Crippen LogP contribution in [0.15, 0.2) is 37.2 Å². The molecular formula is C21H23N3O3. The molecule has 3 rings (SSSR count). The standard InChI is InChI=1S/C21H23N3O3/c1-4-14-10-15(12-22-11-14)21-17(7-9-20(25)26)18(13-27-3)23-24-16(5-2)6-8-19(21)24/h4,6,8,10-12H,1,5,7,9,13H2,2-3H3,(H,25,26). The number of hydrogen-bond acceptors (Lipinski definition) is 4. The van der Waals surface area contributed by atoms with Gasteiger partial charge in [0, 0.05) is 42.7 Å². The maximum Gasteiger partial charge on any atom is 0.303 e. The molecule has 140 valence electrons. The first-order valence-electron chi connectivity index (χ1n) is 8.90. The second kappa shape index (κ2) is 8.14. The molecule has 3 heterocycles. The van der Waals surface area contributed by atoms with Gasteiger partial charge in [-0.15, -0.1) is 0 Å². The van der Waals surface area contributed by atoms with Crippen LogP contribution in [-0.4, -0.2) is 32.8 Å². The first-order valence-corrected chi connectivity index (χ1v) is 8.90. The van der Waals surface area contributed by atoms with Crippen molar-refractivity contribution in [2.45, 2.75) is 32.8 Å². The molecule has 0 saturated heterocycles. The van der Waals surface area contributed by atoms with Crippen LogP contribution < -0.4 is 0 Å². The van der Waals surface area contributed by atoms with Gasteiger partial charge >= 0.3 is 5.97 Å². The fourth-order valence-corrected chi connectivity index (χ4v) is 3.31. The highest BCUT2D eigenvalue weighted by Gasteiger charge is 2.19. The minimum Gasteiger partial charge on any atom is -0.481 e. The molecule has 0 bridgehead atoms. The SMILES string of the molecule is C=Cc1cncc(-c2c(CCC(=O)O)c(COC)nn3c(CC)ccc23)c1. The fraction of sp³-hybridized carbons (Fsp3) is 0.286. The number of aliphatic carboxylic acids is 1. The summed E-state index contributed by atoms with van der Waals surface area (Å²) in [4.78, 5) is 15.6. The number of methoxy groups -OCH3 is 1. The maximum absolute atomic E-state index is 11.2. The van der Waals surface area contributed by atoms with Crippen molar-refractivity contribution in [3.63, 3.8) is 0 Å². The lowest BCUT2D eigenvalue weighted by molar-refractivity contribution is -0.136. The zero-order valence-electron chi connectivity index (χ0n) is 15.6. The predicted molar refractivity (Wildman–Crippen MR) is 105 cm³/mol. The molecule has 0 radical (unpaired) electrons. The van der Waals surface area contributed by atoms with Crippen molar-refractivity contribution in [1.82, 2.24) is 14.6 Å². The van der Waals surface area contributed by atoms with Gasteiger partial charge in [-0.1, -0.05) is 19.6 Å².